The summed E-state index contributed by atoms with van der Waals surface area (Å²) in [5.74, 6) is -1.11. The molecule has 0 aliphatic carbocycles. The number of carbonyl (C=O) groups is 1. The lowest BCUT2D eigenvalue weighted by atomic mass is 9.94. The number of benzene rings is 2. The van der Waals surface area contributed by atoms with Crippen molar-refractivity contribution in [3.05, 3.63) is 71.3 Å². The maximum Gasteiger partial charge on any atom is 0.320 e. The van der Waals surface area contributed by atoms with Crippen molar-refractivity contribution in [3.8, 4) is 11.6 Å². The van der Waals surface area contributed by atoms with E-state index in [9.17, 15) is 13.6 Å². The van der Waals surface area contributed by atoms with Crippen molar-refractivity contribution < 1.29 is 18.3 Å². The van der Waals surface area contributed by atoms with Gasteiger partial charge in [-0.2, -0.15) is 0 Å². The average molecular weight is 485 g/mol. The predicted molar refractivity (Wildman–Crippen MR) is 130 cm³/mol. The van der Waals surface area contributed by atoms with Crippen molar-refractivity contribution in [1.29, 1.82) is 0 Å². The third-order valence-electron chi connectivity index (χ3n) is 6.12. The third kappa shape index (κ3) is 5.44. The zero-order valence-electron chi connectivity index (χ0n) is 19.8. The van der Waals surface area contributed by atoms with E-state index in [1.54, 1.807) is 10.7 Å². The van der Waals surface area contributed by atoms with Crippen LogP contribution in [0.2, 0.25) is 0 Å². The second-order valence-corrected chi connectivity index (χ2v) is 8.49. The molecule has 2 atom stereocenters. The number of nitrogens with zero attached hydrogens (tertiary/aromatic N) is 3. The van der Waals surface area contributed by atoms with Gasteiger partial charge in [0.2, 0.25) is 5.88 Å². The second kappa shape index (κ2) is 10.8. The number of rotatable bonds is 8. The van der Waals surface area contributed by atoms with Crippen LogP contribution in [0.4, 0.5) is 19.4 Å². The van der Waals surface area contributed by atoms with E-state index in [1.165, 1.54) is 6.07 Å². The zero-order chi connectivity index (χ0) is 24.9. The summed E-state index contributed by atoms with van der Waals surface area (Å²) >= 11 is 0. The molecule has 0 radical (unpaired) electrons. The van der Waals surface area contributed by atoms with Gasteiger partial charge in [-0.05, 0) is 43.7 Å². The summed E-state index contributed by atoms with van der Waals surface area (Å²) in [5.41, 5.74) is 7.81. The number of nitrogens with two attached hydrogens (primary N) is 1. The van der Waals surface area contributed by atoms with Crippen LogP contribution in [-0.4, -0.2) is 59.5 Å². The van der Waals surface area contributed by atoms with E-state index in [0.29, 0.717) is 55.6 Å². The van der Waals surface area contributed by atoms with Crippen molar-refractivity contribution in [2.75, 3.05) is 38.1 Å². The van der Waals surface area contributed by atoms with Crippen molar-refractivity contribution >= 4 is 11.8 Å². The quantitative estimate of drug-likeness (QED) is 0.455. The largest absolute Gasteiger partial charge is 0.477 e. The van der Waals surface area contributed by atoms with Gasteiger partial charge in [0.15, 0.2) is 11.6 Å². The molecule has 1 saturated heterocycles. The number of para-hydroxylation sites is 1. The fourth-order valence-electron chi connectivity index (χ4n) is 4.44. The van der Waals surface area contributed by atoms with Crippen LogP contribution in [0, 0.1) is 18.6 Å². The number of nitrogens with one attached hydrogen (secondary N) is 2. The molecule has 0 saturated carbocycles. The first kappa shape index (κ1) is 24.6. The van der Waals surface area contributed by atoms with Gasteiger partial charge in [0.05, 0.1) is 23.9 Å². The number of urea groups is 1. The minimum absolute atomic E-state index is 0.221. The van der Waals surface area contributed by atoms with Gasteiger partial charge >= 0.3 is 6.03 Å². The van der Waals surface area contributed by atoms with Gasteiger partial charge in [-0.25, -0.2) is 18.3 Å². The Morgan fingerprint density at radius 3 is 2.63 bits per heavy atom. The molecule has 2 amide bonds. The molecule has 1 fully saturated rings. The van der Waals surface area contributed by atoms with E-state index in [0.717, 1.165) is 11.8 Å². The van der Waals surface area contributed by atoms with Crippen LogP contribution in [-0.2, 0) is 0 Å². The second-order valence-electron chi connectivity index (χ2n) is 8.49. The molecule has 0 unspecified atom stereocenters. The van der Waals surface area contributed by atoms with Crippen LogP contribution in [0.5, 0.6) is 5.88 Å². The van der Waals surface area contributed by atoms with E-state index >= 15 is 0 Å². The highest BCUT2D eigenvalue weighted by Crippen LogP contribution is 2.30. The molecule has 4 rings (SSSR count). The van der Waals surface area contributed by atoms with Gasteiger partial charge in [-0.1, -0.05) is 24.3 Å². The number of halogens is 2. The Balaban J connectivity index is 1.57. The highest BCUT2D eigenvalue weighted by Gasteiger charge is 2.35. The van der Waals surface area contributed by atoms with Crippen LogP contribution in [0.1, 0.15) is 24.0 Å². The van der Waals surface area contributed by atoms with Crippen molar-refractivity contribution in [2.45, 2.75) is 25.8 Å². The lowest BCUT2D eigenvalue weighted by Gasteiger charge is -2.21. The molecule has 10 heteroatoms. The van der Waals surface area contributed by atoms with Gasteiger partial charge in [0.25, 0.3) is 0 Å². The number of hydrogen-bond acceptors (Lipinski definition) is 5. The van der Waals surface area contributed by atoms with Crippen molar-refractivity contribution in [1.82, 2.24) is 20.0 Å². The Morgan fingerprint density at radius 2 is 1.94 bits per heavy atom. The highest BCUT2D eigenvalue weighted by atomic mass is 19.2. The monoisotopic (exact) mass is 484 g/mol. The van der Waals surface area contributed by atoms with E-state index in [2.05, 4.69) is 20.6 Å². The Morgan fingerprint density at radius 1 is 1.17 bits per heavy atom. The van der Waals surface area contributed by atoms with E-state index in [-0.39, 0.29) is 12.0 Å². The number of amides is 2. The molecule has 2 heterocycles. The highest BCUT2D eigenvalue weighted by molar-refractivity contribution is 5.90. The molecular formula is C25H30F2N6O2. The Kier molecular flexibility index (Phi) is 7.62. The molecule has 4 N–H and O–H groups in total. The van der Waals surface area contributed by atoms with Gasteiger partial charge in [0, 0.05) is 32.1 Å². The summed E-state index contributed by atoms with van der Waals surface area (Å²) in [6, 6.07) is 12.5. The van der Waals surface area contributed by atoms with E-state index in [1.807, 2.05) is 44.2 Å². The molecule has 1 aromatic heterocycles. The molecule has 3 aromatic rings. The van der Waals surface area contributed by atoms with Gasteiger partial charge in [-0.15, -0.1) is 5.10 Å². The predicted octanol–water partition coefficient (Wildman–Crippen LogP) is 3.41. The van der Waals surface area contributed by atoms with E-state index < -0.39 is 17.7 Å². The fourth-order valence-corrected chi connectivity index (χ4v) is 4.44. The Bertz CT molecular complexity index is 1170. The van der Waals surface area contributed by atoms with Gasteiger partial charge in [0.1, 0.15) is 5.82 Å². The first-order chi connectivity index (χ1) is 16.9. The zero-order valence-corrected chi connectivity index (χ0v) is 19.8. The molecule has 1 aliphatic rings. The smallest absolute Gasteiger partial charge is 0.320 e. The Labute approximate surface area is 203 Å². The molecule has 0 spiro atoms. The van der Waals surface area contributed by atoms with Crippen LogP contribution in [0.3, 0.4) is 0 Å². The summed E-state index contributed by atoms with van der Waals surface area (Å²) in [4.78, 5) is 15.3. The molecular weight excluding hydrogens is 454 g/mol. The van der Waals surface area contributed by atoms with Crippen molar-refractivity contribution in [3.63, 3.8) is 0 Å². The standard InChI is InChI=1S/C25H30F2N6O2/c1-3-35-24-16(2)23(33(31-24)18-7-5-4-6-8-18)30-25(34)29-22-15-32(12-11-28)14-19(22)17-9-10-20(26)21(27)13-17/h4-10,13,19,22H,3,11-12,14-15,28H2,1-2H3,(H2,29,30,34)/t19-,22+/m0/s1. The summed E-state index contributed by atoms with van der Waals surface area (Å²) in [7, 11) is 0. The first-order valence-corrected chi connectivity index (χ1v) is 11.6. The summed E-state index contributed by atoms with van der Waals surface area (Å²) < 4.78 is 34.7. The number of aromatic nitrogens is 2. The number of anilines is 1. The number of ether oxygens (including phenoxy) is 1. The van der Waals surface area contributed by atoms with Gasteiger partial charge in [-0.3, -0.25) is 10.2 Å². The normalized spacial score (nSPS) is 18.0. The van der Waals surface area contributed by atoms with Crippen LogP contribution in [0.25, 0.3) is 5.69 Å². The molecule has 2 aromatic carbocycles. The number of carbonyl (C=O) groups excluding carboxylic acids is 1. The maximum atomic E-state index is 13.9. The Hall–Kier alpha value is -3.50. The lowest BCUT2D eigenvalue weighted by molar-refractivity contribution is 0.247. The van der Waals surface area contributed by atoms with E-state index in [4.69, 9.17) is 10.5 Å². The van der Waals surface area contributed by atoms with Crippen LogP contribution >= 0.6 is 0 Å². The lowest BCUT2D eigenvalue weighted by Crippen LogP contribution is -2.42. The minimum Gasteiger partial charge on any atom is -0.477 e. The first-order valence-electron chi connectivity index (χ1n) is 11.6. The minimum atomic E-state index is -0.909. The maximum absolute atomic E-state index is 13.9. The molecule has 0 bridgehead atoms. The molecule has 35 heavy (non-hydrogen) atoms. The van der Waals surface area contributed by atoms with Crippen molar-refractivity contribution in [2.24, 2.45) is 5.73 Å². The summed E-state index contributed by atoms with van der Waals surface area (Å²) in [5, 5.41) is 10.5. The molecule has 8 nitrogen and oxygen atoms in total. The topological polar surface area (TPSA) is 97.4 Å². The summed E-state index contributed by atoms with van der Waals surface area (Å²) in [6.45, 7) is 6.34. The third-order valence-corrected chi connectivity index (χ3v) is 6.12. The van der Waals surface area contributed by atoms with Crippen LogP contribution < -0.4 is 21.1 Å². The molecule has 186 valence electrons. The fraction of sp³-hybridized carbons (Fsp3) is 0.360. The molecule has 1 aliphatic heterocycles. The van der Waals surface area contributed by atoms with Crippen LogP contribution in [0.15, 0.2) is 48.5 Å². The average Bonchev–Trinajstić information content (AvgIpc) is 3.38. The SMILES string of the molecule is CCOc1nn(-c2ccccc2)c(NC(=O)N[C@@H]2CN(CCN)C[C@H]2c2ccc(F)c(F)c2)c1C. The summed E-state index contributed by atoms with van der Waals surface area (Å²) in [6.07, 6.45) is 0. The number of likely N-dealkylation sites (tertiary alicyclic amines) is 1. The number of hydrogen-bond donors (Lipinski definition) is 3. The van der Waals surface area contributed by atoms with Gasteiger partial charge < -0.3 is 15.8 Å².